The lowest BCUT2D eigenvalue weighted by Crippen LogP contribution is -2.50. The van der Waals surface area contributed by atoms with Crippen LogP contribution >= 0.6 is 23.2 Å². The minimum absolute atomic E-state index is 0.156. The molecule has 0 saturated carbocycles. The first kappa shape index (κ1) is 26.5. The lowest BCUT2D eigenvalue weighted by molar-refractivity contribution is 0.0720. The molecule has 2 aliphatic rings. The number of rotatable bonds is 6. The number of hydrogen-bond donors (Lipinski definition) is 0. The lowest BCUT2D eigenvalue weighted by atomic mass is 10.0. The predicted octanol–water partition coefficient (Wildman–Crippen LogP) is 4.67. The summed E-state index contributed by atoms with van der Waals surface area (Å²) >= 11 is 12.8. The van der Waals surface area contributed by atoms with Gasteiger partial charge in [-0.25, -0.2) is 23.4 Å². The molecule has 2 aliphatic heterocycles. The van der Waals surface area contributed by atoms with Gasteiger partial charge >= 0.3 is 0 Å². The zero-order valence-corrected chi connectivity index (χ0v) is 23.5. The first-order valence-electron chi connectivity index (χ1n) is 13.0. The van der Waals surface area contributed by atoms with Gasteiger partial charge in [-0.2, -0.15) is 4.31 Å². The van der Waals surface area contributed by atoms with Crippen molar-refractivity contribution >= 4 is 50.2 Å². The number of aromatic nitrogens is 4. The van der Waals surface area contributed by atoms with E-state index in [4.69, 9.17) is 32.9 Å². The maximum atomic E-state index is 13.1. The van der Waals surface area contributed by atoms with E-state index in [9.17, 15) is 8.42 Å². The van der Waals surface area contributed by atoms with Gasteiger partial charge in [-0.05, 0) is 55.2 Å². The van der Waals surface area contributed by atoms with Gasteiger partial charge in [-0.3, -0.25) is 4.57 Å². The van der Waals surface area contributed by atoms with Crippen LogP contribution in [-0.2, 0) is 14.8 Å². The van der Waals surface area contributed by atoms with Crippen molar-refractivity contribution in [3.05, 3.63) is 64.9 Å². The Morgan fingerprint density at radius 3 is 2.36 bits per heavy atom. The smallest absolute Gasteiger partial charge is 0.214 e. The van der Waals surface area contributed by atoms with Crippen LogP contribution in [0.25, 0.3) is 28.2 Å². The summed E-state index contributed by atoms with van der Waals surface area (Å²) in [7, 11) is -3.34. The Labute approximate surface area is 237 Å². The molecule has 12 heteroatoms. The molecule has 6 rings (SSSR count). The molecule has 9 nitrogen and oxygen atoms in total. The number of imidazole rings is 1. The first-order chi connectivity index (χ1) is 18.9. The van der Waals surface area contributed by atoms with Crippen molar-refractivity contribution in [1.29, 1.82) is 0 Å². The van der Waals surface area contributed by atoms with E-state index >= 15 is 0 Å². The Kier molecular flexibility index (Phi) is 7.47. The number of fused-ring (bicyclic) bond motifs is 1. The van der Waals surface area contributed by atoms with Crippen LogP contribution in [0, 0.1) is 5.92 Å². The number of anilines is 1. The Balaban J connectivity index is 1.33. The molecular formula is C27H28Cl2N6O3S. The van der Waals surface area contributed by atoms with Gasteiger partial charge in [0.1, 0.15) is 12.2 Å². The molecule has 0 bridgehead atoms. The summed E-state index contributed by atoms with van der Waals surface area (Å²) < 4.78 is 35.2. The van der Waals surface area contributed by atoms with Crippen LogP contribution in [0.1, 0.15) is 12.8 Å². The minimum Gasteiger partial charge on any atom is -0.381 e. The molecule has 2 fully saturated rings. The lowest BCUT2D eigenvalue weighted by Gasteiger charge is -2.35. The number of halogens is 2. The monoisotopic (exact) mass is 586 g/mol. The fourth-order valence-corrected chi connectivity index (χ4v) is 7.47. The summed E-state index contributed by atoms with van der Waals surface area (Å²) in [6, 6.07) is 15.0. The van der Waals surface area contributed by atoms with E-state index in [0.29, 0.717) is 72.2 Å². The largest absolute Gasteiger partial charge is 0.381 e. The van der Waals surface area contributed by atoms with Crippen LogP contribution < -0.4 is 4.90 Å². The molecule has 0 N–H and O–H groups in total. The van der Waals surface area contributed by atoms with Gasteiger partial charge in [0.25, 0.3) is 0 Å². The van der Waals surface area contributed by atoms with E-state index < -0.39 is 10.0 Å². The van der Waals surface area contributed by atoms with Crippen LogP contribution in [0.3, 0.4) is 0 Å². The summed E-state index contributed by atoms with van der Waals surface area (Å²) in [6.45, 7) is 3.08. The molecule has 0 unspecified atom stereocenters. The van der Waals surface area contributed by atoms with E-state index in [2.05, 4.69) is 14.9 Å². The molecule has 0 radical (unpaired) electrons. The van der Waals surface area contributed by atoms with Gasteiger partial charge < -0.3 is 9.64 Å². The molecule has 2 aromatic carbocycles. The molecule has 2 aromatic heterocycles. The number of piperazine rings is 1. The fourth-order valence-electron chi connectivity index (χ4n) is 5.26. The first-order valence-corrected chi connectivity index (χ1v) is 15.3. The van der Waals surface area contributed by atoms with Gasteiger partial charge in [-0.15, -0.1) is 0 Å². The normalized spacial score (nSPS) is 17.6. The Bertz CT molecular complexity index is 1580. The number of benzene rings is 2. The molecular weight excluding hydrogens is 559 g/mol. The summed E-state index contributed by atoms with van der Waals surface area (Å²) in [5, 5.41) is 1.20. The fraction of sp³-hybridized carbons (Fsp3) is 0.370. The number of hydrogen-bond acceptors (Lipinski definition) is 7. The Hall–Kier alpha value is -2.76. The average Bonchev–Trinajstić information content (AvgIpc) is 3.34. The van der Waals surface area contributed by atoms with Gasteiger partial charge in [0, 0.05) is 55.7 Å². The maximum Gasteiger partial charge on any atom is 0.214 e. The van der Waals surface area contributed by atoms with Crippen molar-refractivity contribution in [3.63, 3.8) is 0 Å². The third-order valence-corrected chi connectivity index (χ3v) is 9.97. The highest BCUT2D eigenvalue weighted by Crippen LogP contribution is 2.35. The van der Waals surface area contributed by atoms with Crippen molar-refractivity contribution in [2.75, 3.05) is 50.0 Å². The molecule has 2 saturated heterocycles. The van der Waals surface area contributed by atoms with E-state index in [1.807, 2.05) is 53.1 Å². The zero-order chi connectivity index (χ0) is 27.0. The second kappa shape index (κ2) is 11.0. The quantitative estimate of drug-likeness (QED) is 0.324. The Morgan fingerprint density at radius 1 is 0.923 bits per heavy atom. The van der Waals surface area contributed by atoms with E-state index in [0.717, 1.165) is 24.1 Å². The third kappa shape index (κ3) is 5.36. The molecule has 4 heterocycles. The number of sulfonamides is 1. The van der Waals surface area contributed by atoms with Crippen LogP contribution in [0.5, 0.6) is 0 Å². The van der Waals surface area contributed by atoms with Gasteiger partial charge in [0.2, 0.25) is 10.0 Å². The van der Waals surface area contributed by atoms with Crippen LogP contribution in [0.15, 0.2) is 54.9 Å². The van der Waals surface area contributed by atoms with Crippen molar-refractivity contribution in [2.45, 2.75) is 12.8 Å². The number of ether oxygens (including phenoxy) is 1. The van der Waals surface area contributed by atoms with Crippen LogP contribution in [-0.4, -0.2) is 77.4 Å². The minimum atomic E-state index is -3.34. The van der Waals surface area contributed by atoms with Crippen LogP contribution in [0.4, 0.5) is 5.82 Å². The molecule has 0 amide bonds. The molecule has 0 atom stereocenters. The summed E-state index contributed by atoms with van der Waals surface area (Å²) in [4.78, 5) is 16.3. The highest BCUT2D eigenvalue weighted by Gasteiger charge is 2.32. The SMILES string of the molecule is O=S(=O)(CC1CCOCC1)N1CCN(c2ncnc3c2nc(-c2ccccc2Cl)n3-c2ccc(Cl)cc2)CC1. The predicted molar refractivity (Wildman–Crippen MR) is 153 cm³/mol. The molecule has 204 valence electrons. The van der Waals surface area contributed by atoms with Gasteiger partial charge in [0.05, 0.1) is 10.8 Å². The van der Waals surface area contributed by atoms with Crippen molar-refractivity contribution in [1.82, 2.24) is 23.8 Å². The van der Waals surface area contributed by atoms with Gasteiger partial charge in [-0.1, -0.05) is 35.3 Å². The summed E-state index contributed by atoms with van der Waals surface area (Å²) in [6.07, 6.45) is 3.11. The highest BCUT2D eigenvalue weighted by molar-refractivity contribution is 7.89. The maximum absolute atomic E-state index is 13.1. The van der Waals surface area contributed by atoms with E-state index in [-0.39, 0.29) is 11.7 Å². The van der Waals surface area contributed by atoms with Crippen molar-refractivity contribution < 1.29 is 13.2 Å². The highest BCUT2D eigenvalue weighted by atomic mass is 35.5. The van der Waals surface area contributed by atoms with Gasteiger partial charge in [0.15, 0.2) is 17.0 Å². The van der Waals surface area contributed by atoms with Crippen LogP contribution in [0.2, 0.25) is 10.0 Å². The molecule has 0 aliphatic carbocycles. The summed E-state index contributed by atoms with van der Waals surface area (Å²) in [5.74, 6) is 1.64. The molecule has 39 heavy (non-hydrogen) atoms. The second-order valence-corrected chi connectivity index (χ2v) is 12.7. The summed E-state index contributed by atoms with van der Waals surface area (Å²) in [5.41, 5.74) is 2.86. The standard InChI is InChI=1S/C27H28Cl2N6O3S/c28-20-5-7-21(8-6-20)35-25(22-3-1-2-4-23(22)29)32-24-26(30-18-31-27(24)35)33-11-13-34(14-12-33)39(36,37)17-19-9-15-38-16-10-19/h1-8,18-19H,9-17H2. The van der Waals surface area contributed by atoms with Crippen molar-refractivity contribution in [2.24, 2.45) is 5.92 Å². The topological polar surface area (TPSA) is 93.5 Å². The average molecular weight is 588 g/mol. The Morgan fingerprint density at radius 2 is 1.64 bits per heavy atom. The third-order valence-electron chi connectivity index (χ3n) is 7.34. The number of nitrogens with zero attached hydrogens (tertiary/aromatic N) is 6. The second-order valence-electron chi connectivity index (χ2n) is 9.82. The molecule has 0 spiro atoms. The van der Waals surface area contributed by atoms with Crippen molar-refractivity contribution in [3.8, 4) is 17.1 Å². The van der Waals surface area contributed by atoms with E-state index in [1.165, 1.54) is 6.33 Å². The van der Waals surface area contributed by atoms with E-state index in [1.54, 1.807) is 4.31 Å². The zero-order valence-electron chi connectivity index (χ0n) is 21.2. The molecule has 4 aromatic rings.